The van der Waals surface area contributed by atoms with Crippen LogP contribution in [0.2, 0.25) is 0 Å². The number of anilines is 1. The zero-order valence-corrected chi connectivity index (χ0v) is 10.6. The molecule has 1 aromatic rings. The lowest BCUT2D eigenvalue weighted by Gasteiger charge is -2.11. The molecule has 1 saturated heterocycles. The molecule has 1 aliphatic rings. The summed E-state index contributed by atoms with van der Waals surface area (Å²) in [5, 5.41) is 4.13. The minimum Gasteiger partial charge on any atom is -0.388 e. The van der Waals surface area contributed by atoms with E-state index in [2.05, 4.69) is 10.3 Å². The van der Waals surface area contributed by atoms with Crippen LogP contribution in [0.15, 0.2) is 18.3 Å². The number of thiocarbonyl (C=S) groups is 1. The highest BCUT2D eigenvalue weighted by Crippen LogP contribution is 2.26. The van der Waals surface area contributed by atoms with Gasteiger partial charge in [0.2, 0.25) is 0 Å². The zero-order valence-electron chi connectivity index (χ0n) is 8.98. The van der Waals surface area contributed by atoms with Crippen LogP contribution in [0.4, 0.5) is 5.69 Å². The Morgan fingerprint density at radius 2 is 2.50 bits per heavy atom. The van der Waals surface area contributed by atoms with Crippen molar-refractivity contribution < 1.29 is 0 Å². The van der Waals surface area contributed by atoms with Crippen LogP contribution in [0.25, 0.3) is 0 Å². The van der Waals surface area contributed by atoms with Gasteiger partial charge in [-0.2, -0.15) is 11.8 Å². The summed E-state index contributed by atoms with van der Waals surface area (Å²) in [6.07, 6.45) is 4.44. The first kappa shape index (κ1) is 11.7. The topological polar surface area (TPSA) is 50.9 Å². The van der Waals surface area contributed by atoms with Crippen LogP contribution in [0, 0.1) is 0 Å². The van der Waals surface area contributed by atoms with Crippen LogP contribution in [-0.4, -0.2) is 27.5 Å². The molecule has 0 amide bonds. The molecule has 2 rings (SSSR count). The minimum atomic E-state index is 0.345. The average Bonchev–Trinajstić information content (AvgIpc) is 2.80. The Bertz CT molecular complexity index is 358. The summed E-state index contributed by atoms with van der Waals surface area (Å²) in [6.45, 7) is 1.01. The fourth-order valence-corrected chi connectivity index (χ4v) is 3.00. The molecular weight excluding hydrogens is 238 g/mol. The second kappa shape index (κ2) is 5.50. The van der Waals surface area contributed by atoms with E-state index in [1.165, 1.54) is 18.6 Å². The molecule has 1 aliphatic heterocycles. The highest BCUT2D eigenvalue weighted by atomic mass is 32.2. The maximum Gasteiger partial charge on any atom is 0.122 e. The Morgan fingerprint density at radius 1 is 1.62 bits per heavy atom. The molecule has 0 saturated carbocycles. The van der Waals surface area contributed by atoms with Gasteiger partial charge in [-0.1, -0.05) is 12.2 Å². The maximum absolute atomic E-state index is 5.48. The molecule has 16 heavy (non-hydrogen) atoms. The number of aromatic nitrogens is 1. The smallest absolute Gasteiger partial charge is 0.122 e. The number of nitrogens with two attached hydrogens (primary N) is 1. The van der Waals surface area contributed by atoms with Crippen molar-refractivity contribution in [3.05, 3.63) is 24.0 Å². The van der Waals surface area contributed by atoms with Crippen molar-refractivity contribution in [1.29, 1.82) is 0 Å². The number of thioether (sulfide) groups is 1. The van der Waals surface area contributed by atoms with E-state index >= 15 is 0 Å². The Labute approximate surface area is 105 Å². The fraction of sp³-hybridized carbons (Fsp3) is 0.455. The number of pyridine rings is 1. The van der Waals surface area contributed by atoms with Gasteiger partial charge in [-0.15, -0.1) is 0 Å². The third-order valence-electron chi connectivity index (χ3n) is 2.57. The molecule has 1 atom stereocenters. The van der Waals surface area contributed by atoms with Gasteiger partial charge in [0.25, 0.3) is 0 Å². The highest BCUT2D eigenvalue weighted by molar-refractivity contribution is 8.00. The molecule has 0 spiro atoms. The molecule has 5 heteroatoms. The first-order valence-corrected chi connectivity index (χ1v) is 6.83. The molecule has 0 bridgehead atoms. The normalized spacial score (nSPS) is 19.6. The van der Waals surface area contributed by atoms with Gasteiger partial charge in [0.15, 0.2) is 0 Å². The molecule has 86 valence electrons. The summed E-state index contributed by atoms with van der Waals surface area (Å²) in [5.74, 6) is 1.30. The van der Waals surface area contributed by atoms with Crippen molar-refractivity contribution >= 4 is 34.7 Å². The summed E-state index contributed by atoms with van der Waals surface area (Å²) >= 11 is 6.89. The van der Waals surface area contributed by atoms with Crippen molar-refractivity contribution in [1.82, 2.24) is 4.98 Å². The van der Waals surface area contributed by atoms with E-state index in [0.717, 1.165) is 17.5 Å². The lowest BCUT2D eigenvalue weighted by atomic mass is 10.2. The number of rotatable bonds is 4. The first-order valence-electron chi connectivity index (χ1n) is 5.37. The van der Waals surface area contributed by atoms with Gasteiger partial charge in [-0.05, 0) is 30.7 Å². The third-order valence-corrected chi connectivity index (χ3v) is 4.18. The third kappa shape index (κ3) is 3.09. The van der Waals surface area contributed by atoms with Crippen molar-refractivity contribution in [2.24, 2.45) is 5.73 Å². The van der Waals surface area contributed by atoms with Gasteiger partial charge in [0.1, 0.15) is 4.99 Å². The summed E-state index contributed by atoms with van der Waals surface area (Å²) in [4.78, 5) is 4.53. The lowest BCUT2D eigenvalue weighted by molar-refractivity contribution is 0.805. The quantitative estimate of drug-likeness (QED) is 0.804. The van der Waals surface area contributed by atoms with E-state index in [1.807, 2.05) is 23.9 Å². The van der Waals surface area contributed by atoms with Crippen LogP contribution in [-0.2, 0) is 0 Å². The Hall–Kier alpha value is -0.810. The van der Waals surface area contributed by atoms with Gasteiger partial charge < -0.3 is 11.1 Å². The van der Waals surface area contributed by atoms with Gasteiger partial charge in [-0.3, -0.25) is 4.98 Å². The summed E-state index contributed by atoms with van der Waals surface area (Å²) in [5.41, 5.74) is 7.19. The van der Waals surface area contributed by atoms with Crippen molar-refractivity contribution in [3.8, 4) is 0 Å². The van der Waals surface area contributed by atoms with E-state index in [-0.39, 0.29) is 0 Å². The predicted molar refractivity (Wildman–Crippen MR) is 74.1 cm³/mol. The lowest BCUT2D eigenvalue weighted by Crippen LogP contribution is -2.15. The first-order chi connectivity index (χ1) is 7.75. The number of hydrogen-bond donors (Lipinski definition) is 2. The van der Waals surface area contributed by atoms with E-state index in [9.17, 15) is 0 Å². The van der Waals surface area contributed by atoms with E-state index < -0.39 is 0 Å². The van der Waals surface area contributed by atoms with Gasteiger partial charge in [0.05, 0.1) is 17.6 Å². The van der Waals surface area contributed by atoms with Gasteiger partial charge >= 0.3 is 0 Å². The molecule has 1 unspecified atom stereocenters. The highest BCUT2D eigenvalue weighted by Gasteiger charge is 2.14. The van der Waals surface area contributed by atoms with Crippen LogP contribution in [0.1, 0.15) is 18.5 Å². The Balaban J connectivity index is 1.87. The fourth-order valence-electron chi connectivity index (χ4n) is 1.68. The number of nitrogens with one attached hydrogen (secondary N) is 1. The molecule has 2 heterocycles. The summed E-state index contributed by atoms with van der Waals surface area (Å²) < 4.78 is 0. The monoisotopic (exact) mass is 253 g/mol. The molecule has 0 radical (unpaired) electrons. The molecule has 0 aliphatic carbocycles. The van der Waals surface area contributed by atoms with Crippen molar-refractivity contribution in [2.45, 2.75) is 18.1 Å². The summed E-state index contributed by atoms with van der Waals surface area (Å²) in [6, 6.07) is 3.83. The SMILES string of the molecule is NC(=S)c1ccc(NCC2CCCS2)cn1. The largest absolute Gasteiger partial charge is 0.388 e. The zero-order chi connectivity index (χ0) is 11.4. The van der Waals surface area contributed by atoms with Gasteiger partial charge in [0, 0.05) is 11.8 Å². The average molecular weight is 253 g/mol. The molecule has 3 nitrogen and oxygen atoms in total. The molecule has 3 N–H and O–H groups in total. The Morgan fingerprint density at radius 3 is 3.06 bits per heavy atom. The van der Waals surface area contributed by atoms with E-state index in [0.29, 0.717) is 10.7 Å². The minimum absolute atomic E-state index is 0.345. The van der Waals surface area contributed by atoms with Crippen LogP contribution < -0.4 is 11.1 Å². The van der Waals surface area contributed by atoms with Crippen LogP contribution in [0.5, 0.6) is 0 Å². The second-order valence-corrected chi connectivity index (χ2v) is 5.66. The van der Waals surface area contributed by atoms with Crippen LogP contribution >= 0.6 is 24.0 Å². The molecule has 1 aromatic heterocycles. The number of hydrogen-bond acceptors (Lipinski definition) is 4. The molecular formula is C11H15N3S2. The Kier molecular flexibility index (Phi) is 4.01. The molecule has 0 aromatic carbocycles. The van der Waals surface area contributed by atoms with E-state index in [4.69, 9.17) is 18.0 Å². The van der Waals surface area contributed by atoms with Crippen molar-refractivity contribution in [2.75, 3.05) is 17.6 Å². The maximum atomic E-state index is 5.48. The van der Waals surface area contributed by atoms with Crippen LogP contribution in [0.3, 0.4) is 0 Å². The van der Waals surface area contributed by atoms with Crippen molar-refractivity contribution in [3.63, 3.8) is 0 Å². The predicted octanol–water partition coefficient (Wildman–Crippen LogP) is 2.02. The van der Waals surface area contributed by atoms with E-state index in [1.54, 1.807) is 6.20 Å². The second-order valence-electron chi connectivity index (χ2n) is 3.81. The standard InChI is InChI=1S/C11H15N3S2/c12-11(15)10-4-3-8(6-14-10)13-7-9-2-1-5-16-9/h3-4,6,9,13H,1-2,5,7H2,(H2,12,15). The number of nitrogens with zero attached hydrogens (tertiary/aromatic N) is 1. The summed E-state index contributed by atoms with van der Waals surface area (Å²) in [7, 11) is 0. The van der Waals surface area contributed by atoms with Gasteiger partial charge in [-0.25, -0.2) is 0 Å². The molecule has 1 fully saturated rings.